The molecular formula is C16H26N2. The number of benzene rings is 1. The second kappa shape index (κ2) is 5.85. The van der Waals surface area contributed by atoms with E-state index in [1.165, 1.54) is 24.9 Å². The normalized spacial score (nSPS) is 29.4. The zero-order chi connectivity index (χ0) is 13.0. The topological polar surface area (TPSA) is 15.3 Å². The van der Waals surface area contributed by atoms with E-state index in [1.54, 1.807) is 0 Å². The fourth-order valence-corrected chi connectivity index (χ4v) is 2.85. The van der Waals surface area contributed by atoms with Gasteiger partial charge in [-0.3, -0.25) is 4.90 Å². The maximum atomic E-state index is 3.72. The van der Waals surface area contributed by atoms with Gasteiger partial charge in [-0.15, -0.1) is 0 Å². The molecule has 1 aliphatic heterocycles. The Hall–Kier alpha value is -0.860. The summed E-state index contributed by atoms with van der Waals surface area (Å²) in [7, 11) is 0. The zero-order valence-electron chi connectivity index (χ0n) is 11.9. The molecule has 1 aromatic carbocycles. The van der Waals surface area contributed by atoms with Crippen LogP contribution in [-0.4, -0.2) is 30.1 Å². The Labute approximate surface area is 111 Å². The summed E-state index contributed by atoms with van der Waals surface area (Å²) >= 11 is 0. The van der Waals surface area contributed by atoms with Gasteiger partial charge in [-0.1, -0.05) is 44.2 Å². The van der Waals surface area contributed by atoms with Crippen LogP contribution in [0.4, 0.5) is 0 Å². The van der Waals surface area contributed by atoms with Gasteiger partial charge in [0.25, 0.3) is 0 Å². The predicted molar refractivity (Wildman–Crippen MR) is 77.7 cm³/mol. The van der Waals surface area contributed by atoms with Crippen molar-refractivity contribution in [1.29, 1.82) is 0 Å². The molecule has 0 bridgehead atoms. The third kappa shape index (κ3) is 2.76. The van der Waals surface area contributed by atoms with Gasteiger partial charge < -0.3 is 5.32 Å². The Balaban J connectivity index is 2.11. The molecule has 2 rings (SSSR count). The molecule has 0 spiro atoms. The highest BCUT2D eigenvalue weighted by atomic mass is 15.3. The molecule has 0 saturated carbocycles. The highest BCUT2D eigenvalue weighted by Gasteiger charge is 2.35. The van der Waals surface area contributed by atoms with E-state index in [9.17, 15) is 0 Å². The van der Waals surface area contributed by atoms with Crippen molar-refractivity contribution in [3.8, 4) is 0 Å². The molecule has 2 heteroatoms. The van der Waals surface area contributed by atoms with Crippen molar-refractivity contribution in [1.82, 2.24) is 10.2 Å². The van der Waals surface area contributed by atoms with Crippen LogP contribution in [0.2, 0.25) is 0 Å². The molecule has 2 nitrogen and oxygen atoms in total. The fraction of sp³-hybridized carbons (Fsp3) is 0.625. The molecule has 1 saturated heterocycles. The summed E-state index contributed by atoms with van der Waals surface area (Å²) in [6.45, 7) is 10.4. The maximum Gasteiger partial charge on any atom is 0.0450 e. The van der Waals surface area contributed by atoms with E-state index >= 15 is 0 Å². The smallest absolute Gasteiger partial charge is 0.0450 e. The van der Waals surface area contributed by atoms with Crippen LogP contribution >= 0.6 is 0 Å². The molecule has 100 valence electrons. The summed E-state index contributed by atoms with van der Waals surface area (Å²) < 4.78 is 0. The molecule has 0 aromatic heterocycles. The lowest BCUT2D eigenvalue weighted by molar-refractivity contribution is 0.0488. The summed E-state index contributed by atoms with van der Waals surface area (Å²) in [6.07, 6.45) is 2.44. The molecule has 0 aliphatic carbocycles. The van der Waals surface area contributed by atoms with Crippen LogP contribution in [0.25, 0.3) is 0 Å². The van der Waals surface area contributed by atoms with E-state index < -0.39 is 0 Å². The highest BCUT2D eigenvalue weighted by molar-refractivity contribution is 5.20. The van der Waals surface area contributed by atoms with Crippen LogP contribution in [0.15, 0.2) is 30.3 Å². The summed E-state index contributed by atoms with van der Waals surface area (Å²) in [5.41, 5.74) is 1.73. The quantitative estimate of drug-likeness (QED) is 0.877. The molecular weight excluding hydrogens is 220 g/mol. The monoisotopic (exact) mass is 246 g/mol. The third-order valence-electron chi connectivity index (χ3n) is 4.35. The second-order valence-corrected chi connectivity index (χ2v) is 5.64. The van der Waals surface area contributed by atoms with E-state index in [-0.39, 0.29) is 0 Å². The minimum atomic E-state index is 0.321. The van der Waals surface area contributed by atoms with Crippen LogP contribution in [-0.2, 0) is 0 Å². The predicted octanol–water partition coefficient (Wildman–Crippen LogP) is 3.21. The van der Waals surface area contributed by atoms with Crippen molar-refractivity contribution in [2.45, 2.75) is 45.2 Å². The van der Waals surface area contributed by atoms with Crippen LogP contribution in [0.1, 0.15) is 45.2 Å². The minimum Gasteiger partial charge on any atom is -0.307 e. The molecule has 1 N–H and O–H groups in total. The Morgan fingerprint density at radius 3 is 2.61 bits per heavy atom. The van der Waals surface area contributed by atoms with Crippen LogP contribution < -0.4 is 5.32 Å². The van der Waals surface area contributed by atoms with Gasteiger partial charge in [-0.05, 0) is 31.9 Å². The number of hydrogen-bond acceptors (Lipinski definition) is 2. The average Bonchev–Trinajstić information content (AvgIpc) is 2.42. The number of rotatable bonds is 4. The van der Waals surface area contributed by atoms with Crippen molar-refractivity contribution in [2.24, 2.45) is 0 Å². The number of nitrogens with zero attached hydrogens (tertiary/aromatic N) is 1. The largest absolute Gasteiger partial charge is 0.307 e. The van der Waals surface area contributed by atoms with Crippen molar-refractivity contribution < 1.29 is 0 Å². The number of piperazine rings is 1. The molecule has 1 aromatic rings. The lowest BCUT2D eigenvalue weighted by Crippen LogP contribution is -2.60. The van der Waals surface area contributed by atoms with Gasteiger partial charge in [0.15, 0.2) is 0 Å². The van der Waals surface area contributed by atoms with Crippen LogP contribution in [0.5, 0.6) is 0 Å². The Kier molecular flexibility index (Phi) is 4.41. The molecule has 0 radical (unpaired) electrons. The lowest BCUT2D eigenvalue weighted by Gasteiger charge is -2.48. The average molecular weight is 246 g/mol. The first-order chi connectivity index (χ1) is 8.69. The number of hydrogen-bond donors (Lipinski definition) is 1. The van der Waals surface area contributed by atoms with Gasteiger partial charge in [0.1, 0.15) is 0 Å². The molecule has 1 fully saturated rings. The minimum absolute atomic E-state index is 0.321. The zero-order valence-corrected chi connectivity index (χ0v) is 11.9. The fourth-order valence-electron chi connectivity index (χ4n) is 2.85. The summed E-state index contributed by atoms with van der Waals surface area (Å²) in [5, 5.41) is 3.72. The van der Waals surface area contributed by atoms with Gasteiger partial charge in [-0.2, -0.15) is 0 Å². The van der Waals surface area contributed by atoms with Crippen LogP contribution in [0, 0.1) is 0 Å². The summed E-state index contributed by atoms with van der Waals surface area (Å²) in [6, 6.07) is 11.3. The number of nitrogens with one attached hydrogen (secondary N) is 1. The molecule has 0 amide bonds. The lowest BCUT2D eigenvalue weighted by atomic mass is 9.90. The Morgan fingerprint density at radius 2 is 2.00 bits per heavy atom. The summed E-state index contributed by atoms with van der Waals surface area (Å²) in [4.78, 5) is 2.67. The van der Waals surface area contributed by atoms with Gasteiger partial charge in [0.05, 0.1) is 0 Å². The van der Waals surface area contributed by atoms with Crippen molar-refractivity contribution in [3.05, 3.63) is 35.9 Å². The molecule has 2 atom stereocenters. The van der Waals surface area contributed by atoms with Crippen LogP contribution in [0.3, 0.4) is 0 Å². The Morgan fingerprint density at radius 1 is 1.28 bits per heavy atom. The molecule has 1 heterocycles. The van der Waals surface area contributed by atoms with Crippen molar-refractivity contribution in [3.63, 3.8) is 0 Å². The summed E-state index contributed by atoms with van der Waals surface area (Å²) in [5.74, 6) is 0. The van der Waals surface area contributed by atoms with Crippen molar-refractivity contribution in [2.75, 3.05) is 19.6 Å². The van der Waals surface area contributed by atoms with E-state index in [1.807, 2.05) is 0 Å². The maximum absolute atomic E-state index is 3.72. The highest BCUT2D eigenvalue weighted by Crippen LogP contribution is 2.28. The first-order valence-electron chi connectivity index (χ1n) is 7.23. The van der Waals surface area contributed by atoms with E-state index in [4.69, 9.17) is 0 Å². The standard InChI is InChI=1S/C16H26N2/c1-4-11-18-12-15(14-9-7-6-8-10-14)17-13-16(18,3)5-2/h6-10,15,17H,4-5,11-13H2,1-3H3. The molecule has 1 aliphatic rings. The van der Waals surface area contributed by atoms with Crippen molar-refractivity contribution >= 4 is 0 Å². The van der Waals surface area contributed by atoms with Gasteiger partial charge in [-0.25, -0.2) is 0 Å². The second-order valence-electron chi connectivity index (χ2n) is 5.64. The first-order valence-corrected chi connectivity index (χ1v) is 7.23. The van der Waals surface area contributed by atoms with E-state index in [0.717, 1.165) is 13.1 Å². The van der Waals surface area contributed by atoms with Gasteiger partial charge >= 0.3 is 0 Å². The molecule has 18 heavy (non-hydrogen) atoms. The third-order valence-corrected chi connectivity index (χ3v) is 4.35. The SMILES string of the molecule is CCCN1CC(c2ccccc2)NCC1(C)CC. The van der Waals surface area contributed by atoms with Gasteiger partial charge in [0.2, 0.25) is 0 Å². The Bertz CT molecular complexity index is 363. The van der Waals surface area contributed by atoms with Gasteiger partial charge in [0, 0.05) is 24.7 Å². The first kappa shape index (κ1) is 13.6. The van der Waals surface area contributed by atoms with E-state index in [0.29, 0.717) is 11.6 Å². The van der Waals surface area contributed by atoms with E-state index in [2.05, 4.69) is 61.3 Å². The molecule has 2 unspecified atom stereocenters.